The number of nitrogens with zero attached hydrogens (tertiary/aromatic N) is 2. The van der Waals surface area contributed by atoms with Crippen LogP contribution in [-0.2, 0) is 16.0 Å². The highest BCUT2D eigenvalue weighted by Crippen LogP contribution is 2.35. The third-order valence-corrected chi connectivity index (χ3v) is 8.38. The molecule has 2 amide bonds. The standard InChI is InChI=1S/C31H36N2O6S/c1-21(2)22-5-8-24(9-6-22)37-19-26-25-12-16-40-29(25)11-14-33(26)30(34)18-32(13-4-15-36-3)31(35)23-7-10-27-28(17-23)39-20-38-27/h5-10,12,16-17,21,26H,4,11,13-15,18-20H2,1-3H3/t26-/m0/s1. The summed E-state index contributed by atoms with van der Waals surface area (Å²) in [4.78, 5) is 32.2. The first-order chi connectivity index (χ1) is 19.4. The third kappa shape index (κ3) is 6.26. The average molecular weight is 565 g/mol. The molecule has 5 rings (SSSR count). The van der Waals surface area contributed by atoms with Crippen molar-refractivity contribution in [2.75, 3.05) is 46.8 Å². The second-order valence-electron chi connectivity index (χ2n) is 10.3. The van der Waals surface area contributed by atoms with Crippen LogP contribution >= 0.6 is 11.3 Å². The highest BCUT2D eigenvalue weighted by molar-refractivity contribution is 7.10. The van der Waals surface area contributed by atoms with Gasteiger partial charge in [0.05, 0.1) is 6.04 Å². The molecule has 0 radical (unpaired) electrons. The number of thiophene rings is 1. The maximum absolute atomic E-state index is 13.8. The number of hydrogen-bond acceptors (Lipinski definition) is 7. The molecule has 0 N–H and O–H groups in total. The molecule has 40 heavy (non-hydrogen) atoms. The summed E-state index contributed by atoms with van der Waals surface area (Å²) < 4.78 is 22.3. The quantitative estimate of drug-likeness (QED) is 0.295. The summed E-state index contributed by atoms with van der Waals surface area (Å²) in [5.41, 5.74) is 2.83. The molecule has 3 heterocycles. The van der Waals surface area contributed by atoms with Crippen LogP contribution in [0.4, 0.5) is 0 Å². The van der Waals surface area contributed by atoms with Gasteiger partial charge in [-0.3, -0.25) is 9.59 Å². The molecule has 0 spiro atoms. The molecular weight excluding hydrogens is 528 g/mol. The highest BCUT2D eigenvalue weighted by Gasteiger charge is 2.34. The van der Waals surface area contributed by atoms with E-state index in [0.717, 1.165) is 17.7 Å². The predicted octanol–water partition coefficient (Wildman–Crippen LogP) is 5.28. The van der Waals surface area contributed by atoms with Crippen molar-refractivity contribution in [3.63, 3.8) is 0 Å². The number of carbonyl (C=O) groups excluding carboxylic acids is 2. The van der Waals surface area contributed by atoms with E-state index in [0.29, 0.717) is 55.7 Å². The van der Waals surface area contributed by atoms with E-state index in [2.05, 4.69) is 37.4 Å². The molecule has 212 valence electrons. The van der Waals surface area contributed by atoms with E-state index >= 15 is 0 Å². The van der Waals surface area contributed by atoms with Gasteiger partial charge >= 0.3 is 0 Å². The normalized spacial score (nSPS) is 15.7. The SMILES string of the molecule is COCCCN(CC(=O)N1CCc2sccc2[C@@H]1COc1ccc(C(C)C)cc1)C(=O)c1ccc2c(c1)OCO2. The van der Waals surface area contributed by atoms with Crippen LogP contribution in [0.2, 0.25) is 0 Å². The lowest BCUT2D eigenvalue weighted by Crippen LogP contribution is -2.48. The third-order valence-electron chi connectivity index (χ3n) is 7.38. The fourth-order valence-corrected chi connectivity index (χ4v) is 6.05. The summed E-state index contributed by atoms with van der Waals surface area (Å²) in [6.07, 6.45) is 1.41. The number of amides is 2. The van der Waals surface area contributed by atoms with Gasteiger partial charge in [0.25, 0.3) is 5.91 Å². The second-order valence-corrected chi connectivity index (χ2v) is 11.3. The zero-order valence-corrected chi connectivity index (χ0v) is 24.1. The maximum Gasteiger partial charge on any atom is 0.254 e. The van der Waals surface area contributed by atoms with Crippen molar-refractivity contribution < 1.29 is 28.5 Å². The summed E-state index contributed by atoms with van der Waals surface area (Å²) >= 11 is 1.72. The molecule has 9 heteroatoms. The van der Waals surface area contributed by atoms with Gasteiger partial charge in [0.1, 0.15) is 18.9 Å². The Labute approximate surface area is 239 Å². The first kappa shape index (κ1) is 28.0. The van der Waals surface area contributed by atoms with Crippen molar-refractivity contribution in [3.8, 4) is 17.2 Å². The molecule has 8 nitrogen and oxygen atoms in total. The Balaban J connectivity index is 1.32. The second kappa shape index (κ2) is 12.7. The lowest BCUT2D eigenvalue weighted by molar-refractivity contribution is -0.135. The van der Waals surface area contributed by atoms with Crippen molar-refractivity contribution in [2.24, 2.45) is 0 Å². The Morgan fingerprint density at radius 3 is 2.67 bits per heavy atom. The fourth-order valence-electron chi connectivity index (χ4n) is 5.12. The maximum atomic E-state index is 13.8. The molecule has 2 aromatic carbocycles. The highest BCUT2D eigenvalue weighted by atomic mass is 32.1. The molecule has 0 bridgehead atoms. The number of fused-ring (bicyclic) bond motifs is 2. The number of carbonyl (C=O) groups is 2. The minimum atomic E-state index is -0.228. The van der Waals surface area contributed by atoms with Crippen LogP contribution in [0.15, 0.2) is 53.9 Å². The van der Waals surface area contributed by atoms with E-state index in [9.17, 15) is 9.59 Å². The molecule has 2 aliphatic rings. The largest absolute Gasteiger partial charge is 0.491 e. The molecule has 3 aromatic rings. The monoisotopic (exact) mass is 564 g/mol. The Morgan fingerprint density at radius 1 is 1.10 bits per heavy atom. The van der Waals surface area contributed by atoms with Crippen molar-refractivity contribution in [1.29, 1.82) is 0 Å². The van der Waals surface area contributed by atoms with E-state index in [-0.39, 0.29) is 31.2 Å². The summed E-state index contributed by atoms with van der Waals surface area (Å²) in [5, 5.41) is 2.07. The number of methoxy groups -OCH3 is 1. The smallest absolute Gasteiger partial charge is 0.254 e. The van der Waals surface area contributed by atoms with Crippen LogP contribution in [0.1, 0.15) is 58.6 Å². The van der Waals surface area contributed by atoms with Crippen LogP contribution in [0, 0.1) is 0 Å². The Kier molecular flexibility index (Phi) is 8.91. The van der Waals surface area contributed by atoms with Crippen LogP contribution in [-0.4, -0.2) is 68.4 Å². The van der Waals surface area contributed by atoms with Gasteiger partial charge in [-0.2, -0.15) is 0 Å². The number of benzene rings is 2. The summed E-state index contributed by atoms with van der Waals surface area (Å²) in [5.74, 6) is 2.04. The van der Waals surface area contributed by atoms with Crippen molar-refractivity contribution >= 4 is 23.2 Å². The molecule has 0 unspecified atom stereocenters. The summed E-state index contributed by atoms with van der Waals surface area (Å²) in [6, 6.07) is 15.1. The van der Waals surface area contributed by atoms with Gasteiger partial charge in [-0.05, 0) is 71.7 Å². The van der Waals surface area contributed by atoms with E-state index < -0.39 is 0 Å². The average Bonchev–Trinajstić information content (AvgIpc) is 3.64. The fraction of sp³-hybridized carbons (Fsp3) is 0.419. The first-order valence-corrected chi connectivity index (χ1v) is 14.6. The molecule has 1 atom stereocenters. The predicted molar refractivity (Wildman–Crippen MR) is 153 cm³/mol. The van der Waals surface area contributed by atoms with E-state index in [1.165, 1.54) is 10.4 Å². The van der Waals surface area contributed by atoms with Crippen molar-refractivity contribution in [1.82, 2.24) is 9.80 Å². The Morgan fingerprint density at radius 2 is 1.90 bits per heavy atom. The summed E-state index contributed by atoms with van der Waals surface area (Å²) in [7, 11) is 1.63. The van der Waals surface area contributed by atoms with Crippen molar-refractivity contribution in [2.45, 2.75) is 38.6 Å². The van der Waals surface area contributed by atoms with Gasteiger partial charge in [0.15, 0.2) is 11.5 Å². The van der Waals surface area contributed by atoms with Crippen LogP contribution in [0.25, 0.3) is 0 Å². The molecular formula is C31H36N2O6S. The topological polar surface area (TPSA) is 77.5 Å². The molecule has 0 aliphatic carbocycles. The number of ether oxygens (including phenoxy) is 4. The van der Waals surface area contributed by atoms with Gasteiger partial charge < -0.3 is 28.7 Å². The van der Waals surface area contributed by atoms with Crippen molar-refractivity contribution in [3.05, 3.63) is 75.5 Å². The lowest BCUT2D eigenvalue weighted by atomic mass is 10.00. The Bertz CT molecular complexity index is 1320. The van der Waals surface area contributed by atoms with Gasteiger partial charge in [-0.1, -0.05) is 26.0 Å². The van der Waals surface area contributed by atoms with Gasteiger partial charge in [0.2, 0.25) is 12.7 Å². The van der Waals surface area contributed by atoms with Gasteiger partial charge in [-0.25, -0.2) is 0 Å². The van der Waals surface area contributed by atoms with Crippen LogP contribution in [0.3, 0.4) is 0 Å². The van der Waals surface area contributed by atoms with E-state index in [1.807, 2.05) is 17.0 Å². The first-order valence-electron chi connectivity index (χ1n) is 13.7. The molecule has 1 aromatic heterocycles. The summed E-state index contributed by atoms with van der Waals surface area (Å²) in [6.45, 7) is 6.24. The molecule has 0 saturated carbocycles. The number of rotatable bonds is 11. The lowest BCUT2D eigenvalue weighted by Gasteiger charge is -2.37. The van der Waals surface area contributed by atoms with Gasteiger partial charge in [0, 0.05) is 37.2 Å². The van der Waals surface area contributed by atoms with E-state index in [4.69, 9.17) is 18.9 Å². The van der Waals surface area contributed by atoms with Gasteiger partial charge in [-0.15, -0.1) is 11.3 Å². The van der Waals surface area contributed by atoms with Crippen LogP contribution in [0.5, 0.6) is 17.2 Å². The zero-order valence-electron chi connectivity index (χ0n) is 23.3. The molecule has 0 fully saturated rings. The number of hydrogen-bond donors (Lipinski definition) is 0. The molecule has 0 saturated heterocycles. The zero-order chi connectivity index (χ0) is 28.1. The minimum absolute atomic E-state index is 0.0317. The minimum Gasteiger partial charge on any atom is -0.491 e. The molecule has 2 aliphatic heterocycles. The van der Waals surface area contributed by atoms with E-state index in [1.54, 1.807) is 41.5 Å². The van der Waals surface area contributed by atoms with Crippen LogP contribution < -0.4 is 14.2 Å². The Hall–Kier alpha value is -3.56.